The molecule has 3 rings (SSSR count). The average molecular weight is 287 g/mol. The van der Waals surface area contributed by atoms with Crippen molar-refractivity contribution in [2.24, 2.45) is 0 Å². The van der Waals surface area contributed by atoms with Crippen LogP contribution in [0.3, 0.4) is 0 Å². The summed E-state index contributed by atoms with van der Waals surface area (Å²) in [6.45, 7) is 2.18. The molecule has 0 bridgehead atoms. The van der Waals surface area contributed by atoms with Crippen LogP contribution in [0.15, 0.2) is 84.6 Å². The molecule has 0 fully saturated rings. The zero-order valence-electron chi connectivity index (χ0n) is 12.9. The largest absolute Gasteiger partial charge is 0.361 e. The molecular formula is C21H21N. The number of hydrogen-bond donors (Lipinski definition) is 1. The van der Waals surface area contributed by atoms with Crippen LogP contribution in [0, 0.1) is 0 Å². The van der Waals surface area contributed by atoms with Gasteiger partial charge in [-0.2, -0.15) is 0 Å². The van der Waals surface area contributed by atoms with Gasteiger partial charge >= 0.3 is 0 Å². The van der Waals surface area contributed by atoms with Crippen LogP contribution < -0.4 is 5.32 Å². The first-order valence-electron chi connectivity index (χ1n) is 7.78. The number of nitrogens with one attached hydrogen (secondary N) is 1. The summed E-state index contributed by atoms with van der Waals surface area (Å²) in [4.78, 5) is 0. The Morgan fingerprint density at radius 2 is 1.45 bits per heavy atom. The minimum absolute atomic E-state index is 1.06. The second-order valence-corrected chi connectivity index (χ2v) is 5.62. The van der Waals surface area contributed by atoms with Gasteiger partial charge in [0.2, 0.25) is 0 Å². The number of allylic oxidation sites excluding steroid dienone is 4. The van der Waals surface area contributed by atoms with Gasteiger partial charge in [0.1, 0.15) is 0 Å². The average Bonchev–Trinajstić information content (AvgIpc) is 2.67. The van der Waals surface area contributed by atoms with Crippen LogP contribution in [0.2, 0.25) is 0 Å². The van der Waals surface area contributed by atoms with E-state index >= 15 is 0 Å². The fraction of sp³-hybridized carbons (Fsp3) is 0.143. The van der Waals surface area contributed by atoms with Crippen LogP contribution in [0.25, 0.3) is 11.3 Å². The fourth-order valence-electron chi connectivity index (χ4n) is 2.60. The molecule has 1 aliphatic rings. The molecule has 0 saturated heterocycles. The van der Waals surface area contributed by atoms with Gasteiger partial charge in [0.15, 0.2) is 0 Å². The molecule has 0 aromatic heterocycles. The third-order valence-corrected chi connectivity index (χ3v) is 3.87. The van der Waals surface area contributed by atoms with Crippen molar-refractivity contribution in [3.8, 4) is 0 Å². The lowest BCUT2D eigenvalue weighted by Gasteiger charge is -2.10. The predicted octanol–water partition coefficient (Wildman–Crippen LogP) is 5.40. The second kappa shape index (κ2) is 6.95. The highest BCUT2D eigenvalue weighted by Crippen LogP contribution is 2.24. The molecule has 1 heterocycles. The molecule has 1 N–H and O–H groups in total. The summed E-state index contributed by atoms with van der Waals surface area (Å²) < 4.78 is 0. The van der Waals surface area contributed by atoms with Crippen molar-refractivity contribution in [1.82, 2.24) is 5.32 Å². The molecule has 110 valence electrons. The predicted molar refractivity (Wildman–Crippen MR) is 95.0 cm³/mol. The van der Waals surface area contributed by atoms with Crippen molar-refractivity contribution in [1.29, 1.82) is 0 Å². The smallest absolute Gasteiger partial charge is 0.0459 e. The van der Waals surface area contributed by atoms with Crippen molar-refractivity contribution in [3.05, 3.63) is 95.7 Å². The van der Waals surface area contributed by atoms with Crippen LogP contribution in [-0.2, 0) is 0 Å². The molecule has 0 saturated carbocycles. The summed E-state index contributed by atoms with van der Waals surface area (Å²) in [5, 5.41) is 3.49. The van der Waals surface area contributed by atoms with Crippen LogP contribution in [0.4, 0.5) is 0 Å². The minimum atomic E-state index is 1.06. The standard InChI is InChI=1S/C21H21N/c1-17-9-8-14-20(18-10-4-2-5-11-18)15-21(22-16-17)19-12-6-3-7-13-19/h2-7,10-16,22H,8-9H2,1H3/b17-16+,20-14+,21-15-. The number of hydrogen-bond acceptors (Lipinski definition) is 1. The van der Waals surface area contributed by atoms with E-state index < -0.39 is 0 Å². The summed E-state index contributed by atoms with van der Waals surface area (Å²) in [5.41, 5.74) is 6.24. The van der Waals surface area contributed by atoms with Gasteiger partial charge < -0.3 is 5.32 Å². The van der Waals surface area contributed by atoms with Gasteiger partial charge in [-0.1, -0.05) is 72.3 Å². The Hall–Kier alpha value is -2.54. The van der Waals surface area contributed by atoms with E-state index in [0.717, 1.165) is 18.5 Å². The summed E-state index contributed by atoms with van der Waals surface area (Å²) >= 11 is 0. The van der Waals surface area contributed by atoms with Crippen molar-refractivity contribution >= 4 is 11.3 Å². The molecule has 1 heteroatoms. The molecule has 0 spiro atoms. The highest BCUT2D eigenvalue weighted by molar-refractivity contribution is 5.83. The van der Waals surface area contributed by atoms with Crippen LogP contribution in [-0.4, -0.2) is 0 Å². The fourth-order valence-corrected chi connectivity index (χ4v) is 2.60. The Morgan fingerprint density at radius 1 is 0.818 bits per heavy atom. The molecule has 22 heavy (non-hydrogen) atoms. The Labute approximate surface area is 132 Å². The van der Waals surface area contributed by atoms with Gasteiger partial charge in [0.25, 0.3) is 0 Å². The lowest BCUT2D eigenvalue weighted by atomic mass is 10.0. The minimum Gasteiger partial charge on any atom is -0.361 e. The maximum absolute atomic E-state index is 3.49. The van der Waals surface area contributed by atoms with E-state index in [1.807, 2.05) is 6.07 Å². The zero-order valence-corrected chi connectivity index (χ0v) is 12.9. The van der Waals surface area contributed by atoms with Crippen molar-refractivity contribution < 1.29 is 0 Å². The van der Waals surface area contributed by atoms with Crippen molar-refractivity contribution in [3.63, 3.8) is 0 Å². The molecule has 0 unspecified atom stereocenters. The van der Waals surface area contributed by atoms with Gasteiger partial charge in [-0.3, -0.25) is 0 Å². The molecule has 2 aromatic rings. The number of rotatable bonds is 2. The van der Waals surface area contributed by atoms with Gasteiger partial charge in [0.05, 0.1) is 0 Å². The van der Waals surface area contributed by atoms with Gasteiger partial charge in [-0.25, -0.2) is 0 Å². The van der Waals surface area contributed by atoms with E-state index in [1.165, 1.54) is 22.3 Å². The van der Waals surface area contributed by atoms with Gasteiger partial charge in [-0.05, 0) is 48.7 Å². The van der Waals surface area contributed by atoms with Crippen molar-refractivity contribution in [2.75, 3.05) is 0 Å². The summed E-state index contributed by atoms with van der Waals surface area (Å²) in [7, 11) is 0. The van der Waals surface area contributed by atoms with Crippen LogP contribution in [0.1, 0.15) is 30.9 Å². The van der Waals surface area contributed by atoms with Crippen molar-refractivity contribution in [2.45, 2.75) is 19.8 Å². The van der Waals surface area contributed by atoms with E-state index in [2.05, 4.69) is 85.2 Å². The Balaban J connectivity index is 2.05. The van der Waals surface area contributed by atoms with E-state index in [4.69, 9.17) is 0 Å². The third-order valence-electron chi connectivity index (χ3n) is 3.87. The van der Waals surface area contributed by atoms with E-state index in [1.54, 1.807) is 0 Å². The first-order chi connectivity index (χ1) is 10.8. The Bertz CT molecular complexity index is 706. The van der Waals surface area contributed by atoms with Crippen LogP contribution in [0.5, 0.6) is 0 Å². The molecule has 0 radical (unpaired) electrons. The quantitative estimate of drug-likeness (QED) is 0.780. The molecule has 2 aromatic carbocycles. The molecular weight excluding hydrogens is 266 g/mol. The van der Waals surface area contributed by atoms with Gasteiger partial charge in [-0.15, -0.1) is 0 Å². The lowest BCUT2D eigenvalue weighted by molar-refractivity contribution is 0.962. The second-order valence-electron chi connectivity index (χ2n) is 5.62. The SMILES string of the molecule is C/C1=C\N/C(c2ccccc2)=C\C(c2ccccc2)=C/CC1. The summed E-state index contributed by atoms with van der Waals surface area (Å²) in [6.07, 6.45) is 8.86. The van der Waals surface area contributed by atoms with Gasteiger partial charge in [0, 0.05) is 5.70 Å². The molecule has 1 nitrogen and oxygen atoms in total. The Morgan fingerprint density at radius 3 is 2.14 bits per heavy atom. The first-order valence-corrected chi connectivity index (χ1v) is 7.78. The highest BCUT2D eigenvalue weighted by atomic mass is 14.9. The van der Waals surface area contributed by atoms with E-state index in [-0.39, 0.29) is 0 Å². The van der Waals surface area contributed by atoms with E-state index in [0.29, 0.717) is 0 Å². The monoisotopic (exact) mass is 287 g/mol. The normalized spacial score (nSPS) is 22.5. The Kier molecular flexibility index (Phi) is 4.55. The molecule has 0 atom stereocenters. The topological polar surface area (TPSA) is 12.0 Å². The highest BCUT2D eigenvalue weighted by Gasteiger charge is 2.05. The molecule has 1 aliphatic heterocycles. The summed E-state index contributed by atoms with van der Waals surface area (Å²) in [5.74, 6) is 0. The number of benzene rings is 2. The molecule has 0 amide bonds. The third kappa shape index (κ3) is 3.56. The summed E-state index contributed by atoms with van der Waals surface area (Å²) in [6, 6.07) is 21.1. The maximum atomic E-state index is 3.49. The van der Waals surface area contributed by atoms with E-state index in [9.17, 15) is 0 Å². The lowest BCUT2D eigenvalue weighted by Crippen LogP contribution is -2.05. The van der Waals surface area contributed by atoms with Crippen LogP contribution >= 0.6 is 0 Å². The zero-order chi connectivity index (χ0) is 15.2. The first kappa shape index (κ1) is 14.4. The molecule has 0 aliphatic carbocycles. The maximum Gasteiger partial charge on any atom is 0.0459 e.